The van der Waals surface area contributed by atoms with E-state index < -0.39 is 0 Å². The summed E-state index contributed by atoms with van der Waals surface area (Å²) in [4.78, 5) is 4.26. The third-order valence-electron chi connectivity index (χ3n) is 3.48. The van der Waals surface area contributed by atoms with Crippen LogP contribution in [-0.4, -0.2) is 32.3 Å². The summed E-state index contributed by atoms with van der Waals surface area (Å²) in [5.41, 5.74) is 6.72. The predicted molar refractivity (Wildman–Crippen MR) is 102 cm³/mol. The van der Waals surface area contributed by atoms with Crippen molar-refractivity contribution < 1.29 is 14.2 Å². The van der Waals surface area contributed by atoms with E-state index in [-0.39, 0.29) is 0 Å². The van der Waals surface area contributed by atoms with Gasteiger partial charge in [0, 0.05) is 22.6 Å². The summed E-state index contributed by atoms with van der Waals surface area (Å²) in [5, 5.41) is 3.05. The first-order chi connectivity index (χ1) is 12.2. The monoisotopic (exact) mass is 405 g/mol. The van der Waals surface area contributed by atoms with Crippen LogP contribution in [0.5, 0.6) is 17.2 Å². The molecule has 7 heteroatoms. The zero-order chi connectivity index (χ0) is 17.5. The molecular weight excluding hydrogens is 386 g/mol. The number of hydrogen-bond donors (Lipinski definition) is 2. The summed E-state index contributed by atoms with van der Waals surface area (Å²) in [6.45, 7) is 2.22. The molecule has 3 N–H and O–H groups in total. The van der Waals surface area contributed by atoms with E-state index in [1.807, 2.05) is 42.5 Å². The highest BCUT2D eigenvalue weighted by Crippen LogP contribution is 2.32. The number of rotatable bonds is 5. The number of benzene rings is 2. The highest BCUT2D eigenvalue weighted by atomic mass is 79.9. The van der Waals surface area contributed by atoms with Crippen LogP contribution in [0, 0.1) is 0 Å². The van der Waals surface area contributed by atoms with Crippen LogP contribution in [0.15, 0.2) is 51.9 Å². The molecule has 0 bridgehead atoms. The molecule has 1 aliphatic rings. The van der Waals surface area contributed by atoms with Crippen molar-refractivity contribution in [2.45, 2.75) is 6.42 Å². The van der Waals surface area contributed by atoms with E-state index in [2.05, 4.69) is 26.2 Å². The minimum absolute atomic E-state index is 0.328. The fraction of sp³-hybridized carbons (Fsp3) is 0.278. The molecule has 3 rings (SSSR count). The molecule has 2 aromatic rings. The van der Waals surface area contributed by atoms with Crippen LogP contribution in [0.25, 0.3) is 0 Å². The van der Waals surface area contributed by atoms with Gasteiger partial charge < -0.3 is 25.3 Å². The number of guanidine groups is 1. The Balaban J connectivity index is 1.49. The normalized spacial score (nSPS) is 13.9. The molecule has 25 heavy (non-hydrogen) atoms. The van der Waals surface area contributed by atoms with Gasteiger partial charge in [0.2, 0.25) is 0 Å². The maximum atomic E-state index is 5.92. The predicted octanol–water partition coefficient (Wildman–Crippen LogP) is 3.42. The van der Waals surface area contributed by atoms with Crippen LogP contribution in [-0.2, 0) is 0 Å². The molecular formula is C18H20BrN3O3. The molecule has 0 aliphatic carbocycles. The van der Waals surface area contributed by atoms with Crippen molar-refractivity contribution in [1.82, 2.24) is 0 Å². The lowest BCUT2D eigenvalue weighted by molar-refractivity contribution is 0.297. The molecule has 0 fully saturated rings. The summed E-state index contributed by atoms with van der Waals surface area (Å²) in [6, 6.07) is 13.3. The number of nitrogens with two attached hydrogens (primary N) is 1. The third kappa shape index (κ3) is 5.29. The van der Waals surface area contributed by atoms with Gasteiger partial charge in [0.1, 0.15) is 12.4 Å². The van der Waals surface area contributed by atoms with Crippen molar-refractivity contribution in [1.29, 1.82) is 0 Å². The molecule has 0 amide bonds. The van der Waals surface area contributed by atoms with Crippen molar-refractivity contribution >= 4 is 27.6 Å². The zero-order valence-corrected chi connectivity index (χ0v) is 15.3. The molecule has 0 saturated heterocycles. The molecule has 0 atom stereocenters. The molecule has 0 aromatic heterocycles. The van der Waals surface area contributed by atoms with Crippen molar-refractivity contribution in [2.24, 2.45) is 10.7 Å². The fourth-order valence-corrected chi connectivity index (χ4v) is 2.55. The van der Waals surface area contributed by atoms with E-state index in [0.717, 1.165) is 28.1 Å². The van der Waals surface area contributed by atoms with E-state index in [0.29, 0.717) is 38.1 Å². The smallest absolute Gasteiger partial charge is 0.193 e. The molecule has 6 nitrogen and oxygen atoms in total. The Hall–Kier alpha value is -2.41. The van der Waals surface area contributed by atoms with Gasteiger partial charge >= 0.3 is 0 Å². The number of hydrogen-bond acceptors (Lipinski definition) is 4. The summed E-state index contributed by atoms with van der Waals surface area (Å²) in [5.74, 6) is 2.59. The van der Waals surface area contributed by atoms with E-state index in [1.54, 1.807) is 0 Å². The number of aliphatic imine (C=N–C) groups is 1. The number of fused-ring (bicyclic) bond motifs is 1. The van der Waals surface area contributed by atoms with Gasteiger partial charge in [-0.3, -0.25) is 0 Å². The Morgan fingerprint density at radius 1 is 1.12 bits per heavy atom. The lowest BCUT2D eigenvalue weighted by Gasteiger charge is -2.11. The van der Waals surface area contributed by atoms with Crippen LogP contribution in [0.1, 0.15) is 6.42 Å². The van der Waals surface area contributed by atoms with Crippen LogP contribution in [0.3, 0.4) is 0 Å². The Morgan fingerprint density at radius 2 is 1.88 bits per heavy atom. The Bertz CT molecular complexity index is 735. The standard InChI is InChI=1S/C18H20BrN3O3/c19-13-2-5-15(6-3-13)23-11-8-21-18(20)22-14-4-7-16-17(12-14)25-10-1-9-24-16/h2-7,12H,1,8-11H2,(H3,20,21,22). The molecule has 1 aliphatic heterocycles. The Kier molecular flexibility index (Phi) is 6.00. The van der Waals surface area contributed by atoms with E-state index in [1.165, 1.54) is 0 Å². The van der Waals surface area contributed by atoms with Crippen LogP contribution in [0.4, 0.5) is 5.69 Å². The van der Waals surface area contributed by atoms with Gasteiger partial charge in [0.25, 0.3) is 0 Å². The minimum Gasteiger partial charge on any atom is -0.492 e. The summed E-state index contributed by atoms with van der Waals surface area (Å²) in [6.07, 6.45) is 0.874. The molecule has 2 aromatic carbocycles. The summed E-state index contributed by atoms with van der Waals surface area (Å²) >= 11 is 3.39. The van der Waals surface area contributed by atoms with Crippen LogP contribution in [0.2, 0.25) is 0 Å². The lowest BCUT2D eigenvalue weighted by Crippen LogP contribution is -2.23. The number of nitrogens with zero attached hydrogens (tertiary/aromatic N) is 1. The first kappa shape index (κ1) is 17.4. The molecule has 0 unspecified atom stereocenters. The Labute approximate surface area is 155 Å². The molecule has 0 radical (unpaired) electrons. The second-order valence-corrected chi connectivity index (χ2v) is 6.32. The second kappa shape index (κ2) is 8.62. The zero-order valence-electron chi connectivity index (χ0n) is 13.7. The van der Waals surface area contributed by atoms with Gasteiger partial charge in [-0.2, -0.15) is 0 Å². The highest BCUT2D eigenvalue weighted by molar-refractivity contribution is 9.10. The summed E-state index contributed by atoms with van der Waals surface area (Å²) < 4.78 is 17.9. The second-order valence-electron chi connectivity index (χ2n) is 5.41. The SMILES string of the molecule is NC(=NCCOc1ccc(Br)cc1)Nc1ccc2c(c1)OCCCO2. The first-order valence-corrected chi connectivity index (χ1v) is 8.85. The van der Waals surface area contributed by atoms with Gasteiger partial charge in [-0.05, 0) is 36.4 Å². The van der Waals surface area contributed by atoms with Gasteiger partial charge in [-0.1, -0.05) is 15.9 Å². The van der Waals surface area contributed by atoms with E-state index >= 15 is 0 Å². The average molecular weight is 406 g/mol. The fourth-order valence-electron chi connectivity index (χ4n) is 2.29. The number of ether oxygens (including phenoxy) is 3. The van der Waals surface area contributed by atoms with Crippen molar-refractivity contribution in [3.05, 3.63) is 46.9 Å². The quantitative estimate of drug-likeness (QED) is 0.452. The molecule has 1 heterocycles. The lowest BCUT2D eigenvalue weighted by atomic mass is 10.3. The van der Waals surface area contributed by atoms with Crippen LogP contribution < -0.4 is 25.3 Å². The first-order valence-electron chi connectivity index (χ1n) is 8.06. The van der Waals surface area contributed by atoms with Crippen molar-refractivity contribution in [3.8, 4) is 17.2 Å². The van der Waals surface area contributed by atoms with Crippen LogP contribution >= 0.6 is 15.9 Å². The van der Waals surface area contributed by atoms with Crippen molar-refractivity contribution in [2.75, 3.05) is 31.7 Å². The molecule has 0 saturated carbocycles. The van der Waals surface area contributed by atoms with Gasteiger partial charge in [-0.15, -0.1) is 0 Å². The largest absolute Gasteiger partial charge is 0.492 e. The minimum atomic E-state index is 0.328. The molecule has 132 valence electrons. The average Bonchev–Trinajstić information content (AvgIpc) is 2.85. The van der Waals surface area contributed by atoms with Gasteiger partial charge in [0.15, 0.2) is 17.5 Å². The Morgan fingerprint density at radius 3 is 2.68 bits per heavy atom. The maximum absolute atomic E-state index is 5.92. The number of anilines is 1. The van der Waals surface area contributed by atoms with Crippen molar-refractivity contribution in [3.63, 3.8) is 0 Å². The van der Waals surface area contributed by atoms with Gasteiger partial charge in [0.05, 0.1) is 19.8 Å². The molecule has 0 spiro atoms. The third-order valence-corrected chi connectivity index (χ3v) is 4.00. The van der Waals surface area contributed by atoms with Gasteiger partial charge in [-0.25, -0.2) is 4.99 Å². The number of nitrogens with one attached hydrogen (secondary N) is 1. The highest BCUT2D eigenvalue weighted by Gasteiger charge is 2.10. The maximum Gasteiger partial charge on any atom is 0.193 e. The van der Waals surface area contributed by atoms with E-state index in [4.69, 9.17) is 19.9 Å². The summed E-state index contributed by atoms with van der Waals surface area (Å²) in [7, 11) is 0. The van der Waals surface area contributed by atoms with E-state index in [9.17, 15) is 0 Å². The topological polar surface area (TPSA) is 78.1 Å². The number of halogens is 1.